The molecule has 0 saturated heterocycles. The molecule has 1 rings (SSSR count). The van der Waals surface area contributed by atoms with Crippen LogP contribution < -0.4 is 5.32 Å². The highest BCUT2D eigenvalue weighted by Crippen LogP contribution is 2.14. The zero-order valence-electron chi connectivity index (χ0n) is 10.3. The van der Waals surface area contributed by atoms with Crippen molar-refractivity contribution >= 4 is 5.82 Å². The Morgan fingerprint density at radius 1 is 1.33 bits per heavy atom. The largest absolute Gasteiger partial charge is 0.411 e. The molecule has 1 aromatic heterocycles. The van der Waals surface area contributed by atoms with Crippen molar-refractivity contribution in [3.63, 3.8) is 0 Å². The minimum Gasteiger partial charge on any atom is -0.370 e. The Kier molecular flexibility index (Phi) is 5.33. The molecule has 4 nitrogen and oxygen atoms in total. The highest BCUT2D eigenvalue weighted by Gasteiger charge is 2.27. The van der Waals surface area contributed by atoms with Gasteiger partial charge < -0.3 is 10.1 Å². The number of nitrogens with one attached hydrogen (secondary N) is 1. The van der Waals surface area contributed by atoms with Crippen LogP contribution in [0.25, 0.3) is 0 Å². The highest BCUT2D eigenvalue weighted by atomic mass is 19.4. The predicted molar refractivity (Wildman–Crippen MR) is 61.5 cm³/mol. The van der Waals surface area contributed by atoms with Crippen molar-refractivity contribution in [3.8, 4) is 0 Å². The molecule has 0 saturated carbocycles. The molecule has 0 spiro atoms. The molecule has 1 heterocycles. The molecule has 1 aromatic rings. The number of aryl methyl sites for hydroxylation is 2. The summed E-state index contributed by atoms with van der Waals surface area (Å²) in [5.74, 6) is 1.24. The summed E-state index contributed by atoms with van der Waals surface area (Å²) >= 11 is 0. The lowest BCUT2D eigenvalue weighted by Crippen LogP contribution is -2.20. The average molecular weight is 263 g/mol. The Morgan fingerprint density at radius 2 is 2.06 bits per heavy atom. The third-order valence-electron chi connectivity index (χ3n) is 2.07. The quantitative estimate of drug-likeness (QED) is 0.800. The molecule has 0 unspecified atom stereocenters. The van der Waals surface area contributed by atoms with Crippen LogP contribution in [0.1, 0.15) is 18.4 Å². The molecule has 0 atom stereocenters. The second-order valence-electron chi connectivity index (χ2n) is 3.74. The van der Waals surface area contributed by atoms with E-state index in [0.717, 1.165) is 12.1 Å². The summed E-state index contributed by atoms with van der Waals surface area (Å²) in [4.78, 5) is 8.33. The monoisotopic (exact) mass is 263 g/mol. The van der Waals surface area contributed by atoms with Crippen molar-refractivity contribution in [2.75, 3.05) is 25.1 Å². The van der Waals surface area contributed by atoms with E-state index in [2.05, 4.69) is 20.0 Å². The summed E-state index contributed by atoms with van der Waals surface area (Å²) in [5.41, 5.74) is 0.890. The van der Waals surface area contributed by atoms with Crippen LogP contribution in [0, 0.1) is 6.92 Å². The Balaban J connectivity index is 2.33. The number of alkyl halides is 3. The first-order valence-electron chi connectivity index (χ1n) is 5.63. The lowest BCUT2D eigenvalue weighted by Gasteiger charge is -2.09. The minimum atomic E-state index is -4.28. The molecule has 0 aliphatic heterocycles. The van der Waals surface area contributed by atoms with E-state index >= 15 is 0 Å². The van der Waals surface area contributed by atoms with Crippen LogP contribution in [0.5, 0.6) is 0 Å². The maximum Gasteiger partial charge on any atom is 0.411 e. The van der Waals surface area contributed by atoms with Crippen LogP contribution in [0.2, 0.25) is 0 Å². The van der Waals surface area contributed by atoms with Gasteiger partial charge in [0, 0.05) is 18.3 Å². The topological polar surface area (TPSA) is 47.0 Å². The number of halogens is 3. The van der Waals surface area contributed by atoms with Gasteiger partial charge in [-0.15, -0.1) is 0 Å². The van der Waals surface area contributed by atoms with Gasteiger partial charge >= 0.3 is 6.18 Å². The molecule has 0 amide bonds. The summed E-state index contributed by atoms with van der Waals surface area (Å²) in [6.45, 7) is 2.76. The van der Waals surface area contributed by atoms with E-state index in [9.17, 15) is 13.2 Å². The molecule has 0 fully saturated rings. The van der Waals surface area contributed by atoms with Gasteiger partial charge in [0.1, 0.15) is 18.2 Å². The number of rotatable bonds is 6. The van der Waals surface area contributed by atoms with Gasteiger partial charge in [0.15, 0.2) is 0 Å². The van der Waals surface area contributed by atoms with E-state index in [4.69, 9.17) is 0 Å². The molecule has 102 valence electrons. The zero-order chi connectivity index (χ0) is 13.6. The van der Waals surface area contributed by atoms with E-state index in [-0.39, 0.29) is 13.2 Å². The molecule has 0 aromatic carbocycles. The molecule has 0 aliphatic carbocycles. The van der Waals surface area contributed by atoms with Gasteiger partial charge in [-0.1, -0.05) is 6.92 Å². The minimum absolute atomic E-state index is 0.0238. The van der Waals surface area contributed by atoms with Crippen LogP contribution >= 0.6 is 0 Å². The molecular weight excluding hydrogens is 247 g/mol. The van der Waals surface area contributed by atoms with Crippen LogP contribution in [0.15, 0.2) is 6.07 Å². The average Bonchev–Trinajstić information content (AvgIpc) is 2.26. The van der Waals surface area contributed by atoms with Gasteiger partial charge in [0.25, 0.3) is 0 Å². The molecular formula is C11H16F3N3O. The summed E-state index contributed by atoms with van der Waals surface area (Å²) in [7, 11) is 0. The van der Waals surface area contributed by atoms with Crippen LogP contribution in [0.4, 0.5) is 19.0 Å². The lowest BCUT2D eigenvalue weighted by atomic mass is 10.3. The van der Waals surface area contributed by atoms with Crippen molar-refractivity contribution in [2.45, 2.75) is 26.4 Å². The van der Waals surface area contributed by atoms with Crippen molar-refractivity contribution in [3.05, 3.63) is 17.6 Å². The fraction of sp³-hybridized carbons (Fsp3) is 0.636. The van der Waals surface area contributed by atoms with Gasteiger partial charge in [-0.25, -0.2) is 9.97 Å². The maximum atomic E-state index is 11.8. The fourth-order valence-corrected chi connectivity index (χ4v) is 1.34. The van der Waals surface area contributed by atoms with Gasteiger partial charge in [-0.3, -0.25) is 0 Å². The summed E-state index contributed by atoms with van der Waals surface area (Å²) in [5, 5.41) is 2.90. The number of nitrogens with zero attached hydrogens (tertiary/aromatic N) is 2. The van der Waals surface area contributed by atoms with Gasteiger partial charge in [0.05, 0.1) is 6.61 Å². The first kappa shape index (κ1) is 14.7. The van der Waals surface area contributed by atoms with E-state index < -0.39 is 12.8 Å². The van der Waals surface area contributed by atoms with E-state index in [1.165, 1.54) is 0 Å². The van der Waals surface area contributed by atoms with Gasteiger partial charge in [0.2, 0.25) is 0 Å². The van der Waals surface area contributed by atoms with Crippen molar-refractivity contribution < 1.29 is 17.9 Å². The summed E-state index contributed by atoms with van der Waals surface area (Å²) < 4.78 is 39.9. The lowest BCUT2D eigenvalue weighted by molar-refractivity contribution is -0.172. The normalized spacial score (nSPS) is 11.6. The Labute approximate surface area is 104 Å². The van der Waals surface area contributed by atoms with Gasteiger partial charge in [-0.05, 0) is 13.3 Å². The highest BCUT2D eigenvalue weighted by molar-refractivity contribution is 5.35. The molecule has 0 bridgehead atoms. The first-order valence-corrected chi connectivity index (χ1v) is 5.63. The number of hydrogen-bond donors (Lipinski definition) is 1. The van der Waals surface area contributed by atoms with E-state index in [1.54, 1.807) is 13.0 Å². The molecule has 7 heteroatoms. The fourth-order valence-electron chi connectivity index (χ4n) is 1.34. The number of ether oxygens (including phenoxy) is 1. The SMILES string of the molecule is CCc1cc(NCCOCC(F)(F)F)nc(C)n1. The Morgan fingerprint density at radius 3 is 2.67 bits per heavy atom. The van der Waals surface area contributed by atoms with Crippen molar-refractivity contribution in [1.29, 1.82) is 0 Å². The van der Waals surface area contributed by atoms with Crippen molar-refractivity contribution in [2.24, 2.45) is 0 Å². The summed E-state index contributed by atoms with van der Waals surface area (Å²) in [6.07, 6.45) is -3.50. The molecule has 0 radical (unpaired) electrons. The third kappa shape index (κ3) is 5.81. The standard InChI is InChI=1S/C11H16F3N3O/c1-3-9-6-10(17-8(2)16-9)15-4-5-18-7-11(12,13)14/h6H,3-5,7H2,1-2H3,(H,15,16,17). The van der Waals surface area contributed by atoms with Crippen molar-refractivity contribution in [1.82, 2.24) is 9.97 Å². The maximum absolute atomic E-state index is 11.8. The van der Waals surface area contributed by atoms with E-state index in [1.807, 2.05) is 6.92 Å². The summed E-state index contributed by atoms with van der Waals surface area (Å²) in [6, 6.07) is 1.77. The second-order valence-corrected chi connectivity index (χ2v) is 3.74. The van der Waals surface area contributed by atoms with Crippen LogP contribution in [-0.4, -0.2) is 35.9 Å². The first-order chi connectivity index (χ1) is 8.40. The number of anilines is 1. The van der Waals surface area contributed by atoms with E-state index in [0.29, 0.717) is 11.6 Å². The Hall–Kier alpha value is -1.37. The van der Waals surface area contributed by atoms with Gasteiger partial charge in [-0.2, -0.15) is 13.2 Å². The van der Waals surface area contributed by atoms with Crippen LogP contribution in [0.3, 0.4) is 0 Å². The zero-order valence-corrected chi connectivity index (χ0v) is 10.3. The Bertz CT molecular complexity index is 382. The molecule has 1 N–H and O–H groups in total. The van der Waals surface area contributed by atoms with Crippen LogP contribution in [-0.2, 0) is 11.2 Å². The molecule has 18 heavy (non-hydrogen) atoms. The number of hydrogen-bond acceptors (Lipinski definition) is 4. The molecule has 0 aliphatic rings. The number of aromatic nitrogens is 2. The predicted octanol–water partition coefficient (Wildman–Crippen LogP) is 2.34. The third-order valence-corrected chi connectivity index (χ3v) is 2.07. The second kappa shape index (κ2) is 6.53. The smallest absolute Gasteiger partial charge is 0.370 e.